The van der Waals surface area contributed by atoms with Gasteiger partial charge in [0.15, 0.2) is 12.0 Å². The van der Waals surface area contributed by atoms with Crippen molar-refractivity contribution in [2.24, 2.45) is 0 Å². The first-order chi connectivity index (χ1) is 9.42. The SMILES string of the molecule is Cc1ccc(S(=O)(=O)Oc2c[nH]c(=O)cc2C=O)cc1. The number of benzene rings is 1. The van der Waals surface area contributed by atoms with Crippen molar-refractivity contribution in [3.05, 3.63) is 58.0 Å². The third kappa shape index (κ3) is 2.94. The van der Waals surface area contributed by atoms with E-state index in [0.717, 1.165) is 17.8 Å². The molecule has 6 nitrogen and oxygen atoms in total. The van der Waals surface area contributed by atoms with Gasteiger partial charge in [0.1, 0.15) is 4.90 Å². The smallest absolute Gasteiger partial charge is 0.339 e. The summed E-state index contributed by atoms with van der Waals surface area (Å²) in [6.45, 7) is 1.82. The maximum atomic E-state index is 12.0. The van der Waals surface area contributed by atoms with E-state index in [1.165, 1.54) is 12.1 Å². The predicted molar refractivity (Wildman–Crippen MR) is 71.4 cm³/mol. The van der Waals surface area contributed by atoms with Crippen LogP contribution < -0.4 is 9.74 Å². The summed E-state index contributed by atoms with van der Waals surface area (Å²) in [5.74, 6) is -0.222. The van der Waals surface area contributed by atoms with Gasteiger partial charge >= 0.3 is 10.1 Å². The molecule has 0 aliphatic rings. The van der Waals surface area contributed by atoms with Gasteiger partial charge in [-0.2, -0.15) is 8.42 Å². The second kappa shape index (κ2) is 5.30. The van der Waals surface area contributed by atoms with Gasteiger partial charge in [0.2, 0.25) is 5.56 Å². The highest BCUT2D eigenvalue weighted by atomic mass is 32.2. The molecule has 1 heterocycles. The van der Waals surface area contributed by atoms with Gasteiger partial charge in [0.05, 0.1) is 5.56 Å². The number of aromatic amines is 1. The summed E-state index contributed by atoms with van der Waals surface area (Å²) in [5, 5.41) is 0. The quantitative estimate of drug-likeness (QED) is 0.676. The summed E-state index contributed by atoms with van der Waals surface area (Å²) < 4.78 is 28.9. The van der Waals surface area contributed by atoms with Crippen molar-refractivity contribution in [3.63, 3.8) is 0 Å². The van der Waals surface area contributed by atoms with Crippen LogP contribution in [0.2, 0.25) is 0 Å². The van der Waals surface area contributed by atoms with E-state index < -0.39 is 15.7 Å². The molecule has 0 fully saturated rings. The van der Waals surface area contributed by atoms with Gasteiger partial charge in [-0.05, 0) is 19.1 Å². The van der Waals surface area contributed by atoms with Crippen LogP contribution in [0.15, 0.2) is 46.2 Å². The van der Waals surface area contributed by atoms with E-state index in [1.54, 1.807) is 12.1 Å². The first kappa shape index (κ1) is 14.0. The van der Waals surface area contributed by atoms with Gasteiger partial charge in [0.25, 0.3) is 0 Å². The molecular formula is C13H11NO5S. The normalized spacial score (nSPS) is 11.1. The summed E-state index contributed by atoms with van der Waals surface area (Å²) >= 11 is 0. The van der Waals surface area contributed by atoms with Crippen LogP contribution in [0, 0.1) is 6.92 Å². The lowest BCUT2D eigenvalue weighted by molar-refractivity contribution is 0.112. The Morgan fingerprint density at radius 1 is 1.20 bits per heavy atom. The van der Waals surface area contributed by atoms with E-state index in [1.807, 2.05) is 6.92 Å². The predicted octanol–water partition coefficient (Wildman–Crippen LogP) is 1.26. The molecule has 0 radical (unpaired) electrons. The fraction of sp³-hybridized carbons (Fsp3) is 0.0769. The zero-order valence-electron chi connectivity index (χ0n) is 10.5. The lowest BCUT2D eigenvalue weighted by atomic mass is 10.2. The first-order valence-corrected chi connectivity index (χ1v) is 7.02. The number of rotatable bonds is 4. The second-order valence-electron chi connectivity index (χ2n) is 4.09. The minimum Gasteiger partial charge on any atom is -0.377 e. The fourth-order valence-corrected chi connectivity index (χ4v) is 2.46. The molecule has 104 valence electrons. The first-order valence-electron chi connectivity index (χ1n) is 5.61. The summed E-state index contributed by atoms with van der Waals surface area (Å²) in [6.07, 6.45) is 1.40. The monoisotopic (exact) mass is 293 g/mol. The second-order valence-corrected chi connectivity index (χ2v) is 5.63. The standard InChI is InChI=1S/C13H11NO5S/c1-9-2-4-11(5-3-9)20(17,18)19-12-7-14-13(16)6-10(12)8-15/h2-8H,1H3,(H,14,16). The van der Waals surface area contributed by atoms with Crippen molar-refractivity contribution in [1.82, 2.24) is 4.98 Å². The molecular weight excluding hydrogens is 282 g/mol. The minimum atomic E-state index is -4.06. The van der Waals surface area contributed by atoms with Gasteiger partial charge in [-0.15, -0.1) is 0 Å². The number of aryl methyl sites for hydroxylation is 1. The van der Waals surface area contributed by atoms with E-state index in [9.17, 15) is 18.0 Å². The summed E-state index contributed by atoms with van der Waals surface area (Å²) in [6, 6.07) is 7.02. The Kier molecular flexibility index (Phi) is 3.71. The topological polar surface area (TPSA) is 93.3 Å². The molecule has 0 bridgehead atoms. The number of carbonyl (C=O) groups excluding carboxylic acids is 1. The molecule has 20 heavy (non-hydrogen) atoms. The fourth-order valence-electron chi connectivity index (χ4n) is 1.51. The summed E-state index contributed by atoms with van der Waals surface area (Å²) in [7, 11) is -4.06. The Bertz CT molecular complexity index is 790. The van der Waals surface area contributed by atoms with Crippen molar-refractivity contribution in [2.45, 2.75) is 11.8 Å². The van der Waals surface area contributed by atoms with Crippen molar-refractivity contribution in [1.29, 1.82) is 0 Å². The molecule has 0 saturated heterocycles. The van der Waals surface area contributed by atoms with Crippen molar-refractivity contribution in [2.75, 3.05) is 0 Å². The van der Waals surface area contributed by atoms with Crippen LogP contribution in [-0.4, -0.2) is 19.7 Å². The van der Waals surface area contributed by atoms with Crippen molar-refractivity contribution >= 4 is 16.4 Å². The Balaban J connectivity index is 2.40. The Hall–Kier alpha value is -2.41. The van der Waals surface area contributed by atoms with Gasteiger partial charge < -0.3 is 9.17 Å². The number of pyridine rings is 1. The van der Waals surface area contributed by atoms with Crippen LogP contribution in [0.5, 0.6) is 5.75 Å². The molecule has 0 unspecified atom stereocenters. The zero-order valence-corrected chi connectivity index (χ0v) is 11.3. The maximum Gasteiger partial charge on any atom is 0.339 e. The number of H-pyrrole nitrogens is 1. The molecule has 0 amide bonds. The van der Waals surface area contributed by atoms with Crippen LogP contribution in [0.1, 0.15) is 15.9 Å². The van der Waals surface area contributed by atoms with E-state index in [0.29, 0.717) is 6.29 Å². The lowest BCUT2D eigenvalue weighted by Crippen LogP contribution is -2.13. The van der Waals surface area contributed by atoms with E-state index in [2.05, 4.69) is 4.98 Å². The van der Waals surface area contributed by atoms with Crippen molar-refractivity contribution in [3.8, 4) is 5.75 Å². The minimum absolute atomic E-state index is 0.0360. The highest BCUT2D eigenvalue weighted by Crippen LogP contribution is 2.20. The van der Waals surface area contributed by atoms with E-state index in [4.69, 9.17) is 4.18 Å². The van der Waals surface area contributed by atoms with Crippen LogP contribution in [-0.2, 0) is 10.1 Å². The van der Waals surface area contributed by atoms with E-state index in [-0.39, 0.29) is 16.2 Å². The third-order valence-corrected chi connectivity index (χ3v) is 3.80. The molecule has 1 aromatic heterocycles. The number of hydrogen-bond acceptors (Lipinski definition) is 5. The van der Waals surface area contributed by atoms with Gasteiger partial charge in [-0.1, -0.05) is 17.7 Å². The average molecular weight is 293 g/mol. The van der Waals surface area contributed by atoms with Crippen LogP contribution >= 0.6 is 0 Å². The Labute approximate surface area is 115 Å². The number of carbonyl (C=O) groups is 1. The maximum absolute atomic E-state index is 12.0. The average Bonchev–Trinajstić information content (AvgIpc) is 2.41. The molecule has 0 spiro atoms. The van der Waals surface area contributed by atoms with Crippen LogP contribution in [0.3, 0.4) is 0 Å². The molecule has 1 N–H and O–H groups in total. The molecule has 0 saturated carbocycles. The molecule has 2 rings (SSSR count). The third-order valence-electron chi connectivity index (χ3n) is 2.55. The largest absolute Gasteiger partial charge is 0.377 e. The highest BCUT2D eigenvalue weighted by Gasteiger charge is 2.18. The number of aromatic nitrogens is 1. The molecule has 7 heteroatoms. The lowest BCUT2D eigenvalue weighted by Gasteiger charge is -2.08. The highest BCUT2D eigenvalue weighted by molar-refractivity contribution is 7.87. The molecule has 0 atom stereocenters. The summed E-state index contributed by atoms with van der Waals surface area (Å²) in [5.41, 5.74) is 0.248. The number of nitrogens with one attached hydrogen (secondary N) is 1. The molecule has 0 aliphatic heterocycles. The molecule has 1 aromatic carbocycles. The van der Waals surface area contributed by atoms with Gasteiger partial charge in [0, 0.05) is 12.3 Å². The number of aldehydes is 1. The van der Waals surface area contributed by atoms with Gasteiger partial charge in [-0.3, -0.25) is 9.59 Å². The zero-order chi connectivity index (χ0) is 14.8. The van der Waals surface area contributed by atoms with Gasteiger partial charge in [-0.25, -0.2) is 0 Å². The van der Waals surface area contributed by atoms with Crippen LogP contribution in [0.4, 0.5) is 0 Å². The van der Waals surface area contributed by atoms with Crippen molar-refractivity contribution < 1.29 is 17.4 Å². The molecule has 0 aliphatic carbocycles. The number of hydrogen-bond donors (Lipinski definition) is 1. The van der Waals surface area contributed by atoms with E-state index >= 15 is 0 Å². The Morgan fingerprint density at radius 2 is 1.85 bits per heavy atom. The Morgan fingerprint density at radius 3 is 2.45 bits per heavy atom. The summed E-state index contributed by atoms with van der Waals surface area (Å²) in [4.78, 5) is 24.1. The van der Waals surface area contributed by atoms with Crippen LogP contribution in [0.25, 0.3) is 0 Å². The molecule has 2 aromatic rings.